The number of nitrogens with one attached hydrogen (secondary N) is 1. The van der Waals surface area contributed by atoms with Gasteiger partial charge >= 0.3 is 0 Å². The van der Waals surface area contributed by atoms with Gasteiger partial charge in [0.05, 0.1) is 19.9 Å². The molecule has 1 rings (SSSR count). The van der Waals surface area contributed by atoms with Crippen LogP contribution in [0.2, 0.25) is 0 Å². The molecule has 0 aliphatic rings. The number of nitrogens with two attached hydrogens (primary N) is 1. The summed E-state index contributed by atoms with van der Waals surface area (Å²) >= 11 is 0. The van der Waals surface area contributed by atoms with E-state index < -0.39 is 0 Å². The number of ether oxygens (including phenoxy) is 2. The SMILES string of the molecule is C#CC(N=C(N)Nc1cc(OC)ccc1OC)C(C)(C)C.I. The average Bonchev–Trinajstić information content (AvgIpc) is 2.43. The fourth-order valence-electron chi connectivity index (χ4n) is 1.70. The summed E-state index contributed by atoms with van der Waals surface area (Å²) in [6.07, 6.45) is 5.52. The van der Waals surface area contributed by atoms with Crippen LogP contribution in [0.5, 0.6) is 11.5 Å². The van der Waals surface area contributed by atoms with Crippen molar-refractivity contribution in [1.82, 2.24) is 0 Å². The van der Waals surface area contributed by atoms with Crippen LogP contribution in [0.3, 0.4) is 0 Å². The first-order valence-electron chi connectivity index (χ1n) is 6.60. The molecule has 0 bridgehead atoms. The highest BCUT2D eigenvalue weighted by molar-refractivity contribution is 14.0. The first-order valence-corrected chi connectivity index (χ1v) is 6.60. The molecule has 0 aliphatic heterocycles. The van der Waals surface area contributed by atoms with Gasteiger partial charge in [-0.3, -0.25) is 0 Å². The fraction of sp³-hybridized carbons (Fsp3) is 0.438. The van der Waals surface area contributed by atoms with E-state index in [1.165, 1.54) is 0 Å². The van der Waals surface area contributed by atoms with Crippen molar-refractivity contribution in [3.63, 3.8) is 0 Å². The third kappa shape index (κ3) is 5.64. The monoisotopic (exact) mass is 417 g/mol. The summed E-state index contributed by atoms with van der Waals surface area (Å²) in [7, 11) is 3.18. The molecule has 1 aromatic carbocycles. The Kier molecular flexibility index (Phi) is 8.09. The Labute approximate surface area is 149 Å². The minimum Gasteiger partial charge on any atom is -0.497 e. The highest BCUT2D eigenvalue weighted by atomic mass is 127. The van der Waals surface area contributed by atoms with E-state index in [-0.39, 0.29) is 41.4 Å². The normalized spacial score (nSPS) is 12.6. The Hall–Kier alpha value is -1.62. The summed E-state index contributed by atoms with van der Waals surface area (Å²) < 4.78 is 10.5. The second-order valence-electron chi connectivity index (χ2n) is 5.64. The minimum atomic E-state index is -0.318. The van der Waals surface area contributed by atoms with E-state index in [0.717, 1.165) is 0 Å². The Morgan fingerprint density at radius 3 is 2.41 bits per heavy atom. The van der Waals surface area contributed by atoms with Crippen LogP contribution in [0.4, 0.5) is 5.69 Å². The zero-order valence-corrected chi connectivity index (χ0v) is 16.0. The van der Waals surface area contributed by atoms with Crippen LogP contribution < -0.4 is 20.5 Å². The smallest absolute Gasteiger partial charge is 0.194 e. The number of terminal acetylenes is 1. The molecule has 5 nitrogen and oxygen atoms in total. The number of benzene rings is 1. The molecule has 0 heterocycles. The quantitative estimate of drug-likeness (QED) is 0.342. The van der Waals surface area contributed by atoms with E-state index in [1.54, 1.807) is 32.4 Å². The number of rotatable bonds is 4. The molecule has 0 aromatic heterocycles. The molecule has 0 saturated heterocycles. The lowest BCUT2D eigenvalue weighted by Crippen LogP contribution is -2.30. The summed E-state index contributed by atoms with van der Waals surface area (Å²) in [6.45, 7) is 6.04. The summed E-state index contributed by atoms with van der Waals surface area (Å²) in [5.74, 6) is 4.21. The third-order valence-electron chi connectivity index (χ3n) is 2.92. The average molecular weight is 417 g/mol. The molecule has 0 fully saturated rings. The van der Waals surface area contributed by atoms with Gasteiger partial charge < -0.3 is 20.5 Å². The van der Waals surface area contributed by atoms with Crippen molar-refractivity contribution in [2.24, 2.45) is 16.1 Å². The second kappa shape index (κ2) is 8.73. The van der Waals surface area contributed by atoms with Gasteiger partial charge in [0.1, 0.15) is 17.5 Å². The first-order chi connectivity index (χ1) is 9.81. The molecular formula is C16H24IN3O2. The van der Waals surface area contributed by atoms with E-state index in [4.69, 9.17) is 21.6 Å². The largest absolute Gasteiger partial charge is 0.497 e. The zero-order chi connectivity index (χ0) is 16.0. The van der Waals surface area contributed by atoms with Crippen molar-refractivity contribution < 1.29 is 9.47 Å². The summed E-state index contributed by atoms with van der Waals surface area (Å²) in [5.41, 5.74) is 6.44. The topological polar surface area (TPSA) is 68.9 Å². The standard InChI is InChI=1S/C16H23N3O2.HI/c1-7-14(16(2,3)4)19-15(17)18-12-10-11(20-5)8-9-13(12)21-6;/h1,8-10,14H,2-6H3,(H3,17,18,19);1H. The lowest BCUT2D eigenvalue weighted by molar-refractivity contribution is 0.376. The van der Waals surface area contributed by atoms with E-state index >= 15 is 0 Å². The number of aliphatic imine (C=N–C) groups is 1. The number of hydrogen-bond donors (Lipinski definition) is 2. The second-order valence-corrected chi connectivity index (χ2v) is 5.64. The minimum absolute atomic E-state index is 0. The van der Waals surface area contributed by atoms with Crippen LogP contribution in [0.15, 0.2) is 23.2 Å². The van der Waals surface area contributed by atoms with E-state index in [9.17, 15) is 0 Å². The van der Waals surface area contributed by atoms with Gasteiger partial charge in [0.2, 0.25) is 0 Å². The van der Waals surface area contributed by atoms with E-state index in [2.05, 4.69) is 16.2 Å². The van der Waals surface area contributed by atoms with E-state index in [0.29, 0.717) is 17.2 Å². The van der Waals surface area contributed by atoms with Gasteiger partial charge in [-0.15, -0.1) is 30.4 Å². The molecule has 122 valence electrons. The van der Waals surface area contributed by atoms with Crippen molar-refractivity contribution in [2.45, 2.75) is 26.8 Å². The lowest BCUT2D eigenvalue weighted by Gasteiger charge is -2.23. The molecule has 3 N–H and O–H groups in total. The van der Waals surface area contributed by atoms with Gasteiger partial charge in [0.15, 0.2) is 5.96 Å². The number of halogens is 1. The van der Waals surface area contributed by atoms with Crippen molar-refractivity contribution in [3.8, 4) is 23.8 Å². The predicted molar refractivity (Wildman–Crippen MR) is 102 cm³/mol. The molecular weight excluding hydrogens is 393 g/mol. The number of hydrogen-bond acceptors (Lipinski definition) is 3. The number of nitrogens with zero attached hydrogens (tertiary/aromatic N) is 1. The summed E-state index contributed by atoms with van der Waals surface area (Å²) in [5, 5.41) is 3.00. The van der Waals surface area contributed by atoms with Crippen LogP contribution in [-0.4, -0.2) is 26.2 Å². The number of anilines is 1. The summed E-state index contributed by atoms with van der Waals surface area (Å²) in [4.78, 5) is 4.34. The van der Waals surface area contributed by atoms with Gasteiger partial charge in [0, 0.05) is 6.07 Å². The maximum absolute atomic E-state index is 5.94. The van der Waals surface area contributed by atoms with E-state index in [1.807, 2.05) is 20.8 Å². The van der Waals surface area contributed by atoms with Crippen molar-refractivity contribution in [2.75, 3.05) is 19.5 Å². The number of guanidine groups is 1. The van der Waals surface area contributed by atoms with Crippen LogP contribution in [-0.2, 0) is 0 Å². The molecule has 1 unspecified atom stereocenters. The highest BCUT2D eigenvalue weighted by Crippen LogP contribution is 2.29. The van der Waals surface area contributed by atoms with Gasteiger partial charge in [-0.05, 0) is 17.5 Å². The Morgan fingerprint density at radius 2 is 1.95 bits per heavy atom. The summed E-state index contributed by atoms with van der Waals surface area (Å²) in [6, 6.07) is 5.05. The molecule has 6 heteroatoms. The maximum Gasteiger partial charge on any atom is 0.194 e. The van der Waals surface area contributed by atoms with Gasteiger partial charge in [-0.25, -0.2) is 4.99 Å². The Balaban J connectivity index is 0.00000441. The first kappa shape index (κ1) is 20.4. The van der Waals surface area contributed by atoms with Crippen molar-refractivity contribution in [1.29, 1.82) is 0 Å². The molecule has 0 amide bonds. The zero-order valence-electron chi connectivity index (χ0n) is 13.6. The predicted octanol–water partition coefficient (Wildman–Crippen LogP) is 3.10. The Morgan fingerprint density at radius 1 is 1.32 bits per heavy atom. The third-order valence-corrected chi connectivity index (χ3v) is 2.92. The molecule has 1 atom stereocenters. The van der Waals surface area contributed by atoms with Gasteiger partial charge in [-0.2, -0.15) is 0 Å². The van der Waals surface area contributed by atoms with Crippen LogP contribution in [0.1, 0.15) is 20.8 Å². The molecule has 1 aromatic rings. The number of methoxy groups -OCH3 is 2. The Bertz CT molecular complexity index is 559. The van der Waals surface area contributed by atoms with Crippen molar-refractivity contribution >= 4 is 35.6 Å². The van der Waals surface area contributed by atoms with Gasteiger partial charge in [-0.1, -0.05) is 26.7 Å². The highest BCUT2D eigenvalue weighted by Gasteiger charge is 2.22. The fourth-order valence-corrected chi connectivity index (χ4v) is 1.70. The lowest BCUT2D eigenvalue weighted by atomic mass is 9.88. The van der Waals surface area contributed by atoms with Gasteiger partial charge in [0.25, 0.3) is 0 Å². The molecule has 0 radical (unpaired) electrons. The van der Waals surface area contributed by atoms with Crippen LogP contribution >= 0.6 is 24.0 Å². The molecule has 22 heavy (non-hydrogen) atoms. The van der Waals surface area contributed by atoms with Crippen LogP contribution in [0.25, 0.3) is 0 Å². The maximum atomic E-state index is 5.94. The van der Waals surface area contributed by atoms with Crippen LogP contribution in [0, 0.1) is 17.8 Å². The molecule has 0 aliphatic carbocycles. The molecule has 0 saturated carbocycles. The van der Waals surface area contributed by atoms with Crippen molar-refractivity contribution in [3.05, 3.63) is 18.2 Å². The molecule has 0 spiro atoms.